The van der Waals surface area contributed by atoms with Gasteiger partial charge in [0.1, 0.15) is 5.82 Å². The number of halogens is 2. The lowest BCUT2D eigenvalue weighted by atomic mass is 10.1. The first-order valence-corrected chi connectivity index (χ1v) is 4.86. The fourth-order valence-corrected chi connectivity index (χ4v) is 1.54. The minimum Gasteiger partial charge on any atom is -0.469 e. The van der Waals surface area contributed by atoms with Gasteiger partial charge in [0.05, 0.1) is 13.5 Å². The average Bonchev–Trinajstić information content (AvgIpc) is 2.18. The van der Waals surface area contributed by atoms with Crippen molar-refractivity contribution in [1.82, 2.24) is 0 Å². The molecule has 0 aliphatic carbocycles. The highest BCUT2D eigenvalue weighted by molar-refractivity contribution is 9.10. The molecule has 0 fully saturated rings. The normalized spacial score (nSPS) is 10.0. The van der Waals surface area contributed by atoms with Gasteiger partial charge in [-0.25, -0.2) is 4.39 Å². The first-order valence-electron chi connectivity index (χ1n) is 4.06. The maximum absolute atomic E-state index is 13.5. The summed E-state index contributed by atoms with van der Waals surface area (Å²) in [6, 6.07) is 3.37. The molecule has 0 aliphatic heterocycles. The Morgan fingerprint density at radius 1 is 1.57 bits per heavy atom. The molecule has 0 heterocycles. The molecule has 14 heavy (non-hydrogen) atoms. The van der Waals surface area contributed by atoms with Crippen LogP contribution in [0.5, 0.6) is 0 Å². The molecule has 2 nitrogen and oxygen atoms in total. The third-order valence-electron chi connectivity index (χ3n) is 1.93. The van der Waals surface area contributed by atoms with Gasteiger partial charge in [0.25, 0.3) is 0 Å². The van der Waals surface area contributed by atoms with E-state index in [4.69, 9.17) is 0 Å². The Morgan fingerprint density at radius 2 is 2.21 bits per heavy atom. The molecule has 1 aromatic carbocycles. The van der Waals surface area contributed by atoms with E-state index in [1.54, 1.807) is 19.1 Å². The van der Waals surface area contributed by atoms with E-state index < -0.39 is 5.97 Å². The Hall–Kier alpha value is -0.900. The van der Waals surface area contributed by atoms with Gasteiger partial charge in [-0.3, -0.25) is 4.79 Å². The van der Waals surface area contributed by atoms with Crippen LogP contribution in [0, 0.1) is 12.7 Å². The maximum atomic E-state index is 13.5. The summed E-state index contributed by atoms with van der Waals surface area (Å²) >= 11 is 3.19. The van der Waals surface area contributed by atoms with Gasteiger partial charge in [0.2, 0.25) is 0 Å². The molecule has 0 saturated heterocycles. The SMILES string of the molecule is COC(=O)Cc1c(Br)ccc(C)c1F. The Kier molecular flexibility index (Phi) is 3.63. The maximum Gasteiger partial charge on any atom is 0.310 e. The summed E-state index contributed by atoms with van der Waals surface area (Å²) in [7, 11) is 1.28. The fourth-order valence-electron chi connectivity index (χ4n) is 1.09. The smallest absolute Gasteiger partial charge is 0.310 e. The van der Waals surface area contributed by atoms with Crippen LogP contribution in [-0.2, 0) is 16.0 Å². The van der Waals surface area contributed by atoms with Crippen LogP contribution in [0.4, 0.5) is 4.39 Å². The largest absolute Gasteiger partial charge is 0.469 e. The van der Waals surface area contributed by atoms with Gasteiger partial charge in [-0.05, 0) is 18.6 Å². The zero-order valence-electron chi connectivity index (χ0n) is 7.93. The lowest BCUT2D eigenvalue weighted by molar-refractivity contribution is -0.139. The molecular weight excluding hydrogens is 251 g/mol. The van der Waals surface area contributed by atoms with Crippen molar-refractivity contribution in [2.45, 2.75) is 13.3 Å². The minimum absolute atomic E-state index is 0.0510. The van der Waals surface area contributed by atoms with E-state index in [0.717, 1.165) is 0 Å². The minimum atomic E-state index is -0.449. The van der Waals surface area contributed by atoms with Crippen LogP contribution < -0.4 is 0 Å². The predicted octanol–water partition coefficient (Wildman–Crippen LogP) is 2.61. The summed E-state index contributed by atoms with van der Waals surface area (Å²) in [6.45, 7) is 1.66. The van der Waals surface area contributed by atoms with Gasteiger partial charge in [0, 0.05) is 10.0 Å². The monoisotopic (exact) mass is 260 g/mol. The van der Waals surface area contributed by atoms with E-state index in [1.165, 1.54) is 7.11 Å². The Morgan fingerprint density at radius 3 is 2.79 bits per heavy atom. The van der Waals surface area contributed by atoms with Gasteiger partial charge in [0.15, 0.2) is 0 Å². The van der Waals surface area contributed by atoms with E-state index in [1.807, 2.05) is 0 Å². The Balaban J connectivity index is 3.06. The van der Waals surface area contributed by atoms with Crippen molar-refractivity contribution < 1.29 is 13.9 Å². The van der Waals surface area contributed by atoms with Crippen LogP contribution in [0.1, 0.15) is 11.1 Å². The van der Waals surface area contributed by atoms with Crippen LogP contribution in [-0.4, -0.2) is 13.1 Å². The molecule has 0 saturated carbocycles. The van der Waals surface area contributed by atoms with Crippen LogP contribution in [0.25, 0.3) is 0 Å². The average molecular weight is 261 g/mol. The van der Waals surface area contributed by atoms with Crippen LogP contribution in [0.3, 0.4) is 0 Å². The van der Waals surface area contributed by atoms with Crippen molar-refractivity contribution in [2.24, 2.45) is 0 Å². The number of carbonyl (C=O) groups is 1. The standard InChI is InChI=1S/C10H10BrFO2/c1-6-3-4-8(11)7(10(6)12)5-9(13)14-2/h3-4H,5H2,1-2H3. The van der Waals surface area contributed by atoms with E-state index in [2.05, 4.69) is 20.7 Å². The lowest BCUT2D eigenvalue weighted by Crippen LogP contribution is -2.07. The number of esters is 1. The quantitative estimate of drug-likeness (QED) is 0.765. The van der Waals surface area contributed by atoms with Crippen LogP contribution in [0.15, 0.2) is 16.6 Å². The number of benzene rings is 1. The second-order valence-electron chi connectivity index (χ2n) is 2.91. The molecule has 1 rings (SSSR count). The molecule has 0 aromatic heterocycles. The second kappa shape index (κ2) is 4.55. The van der Waals surface area contributed by atoms with Crippen molar-refractivity contribution in [3.8, 4) is 0 Å². The van der Waals surface area contributed by atoms with Crippen molar-refractivity contribution in [3.63, 3.8) is 0 Å². The van der Waals surface area contributed by atoms with Gasteiger partial charge in [-0.1, -0.05) is 22.0 Å². The third kappa shape index (κ3) is 2.32. The molecule has 0 radical (unpaired) electrons. The molecule has 0 atom stereocenters. The molecule has 0 unspecified atom stereocenters. The summed E-state index contributed by atoms with van der Waals surface area (Å²) in [5.74, 6) is -0.806. The first kappa shape index (κ1) is 11.2. The highest BCUT2D eigenvalue weighted by atomic mass is 79.9. The summed E-state index contributed by atoms with van der Waals surface area (Å²) < 4.78 is 18.6. The number of hydrogen-bond donors (Lipinski definition) is 0. The highest BCUT2D eigenvalue weighted by Gasteiger charge is 2.13. The van der Waals surface area contributed by atoms with Crippen molar-refractivity contribution in [3.05, 3.63) is 33.5 Å². The number of carbonyl (C=O) groups excluding carboxylic acids is 1. The van der Waals surface area contributed by atoms with E-state index in [-0.39, 0.29) is 12.2 Å². The molecule has 4 heteroatoms. The summed E-state index contributed by atoms with van der Waals surface area (Å²) in [5.41, 5.74) is 0.865. The number of hydrogen-bond acceptors (Lipinski definition) is 2. The van der Waals surface area contributed by atoms with Crippen molar-refractivity contribution in [1.29, 1.82) is 0 Å². The third-order valence-corrected chi connectivity index (χ3v) is 2.67. The molecule has 1 aromatic rings. The molecule has 0 spiro atoms. The van der Waals surface area contributed by atoms with Gasteiger partial charge < -0.3 is 4.74 Å². The van der Waals surface area contributed by atoms with Gasteiger partial charge in [-0.2, -0.15) is 0 Å². The number of rotatable bonds is 2. The van der Waals surface area contributed by atoms with Gasteiger partial charge >= 0.3 is 5.97 Å². The molecule has 0 bridgehead atoms. The summed E-state index contributed by atoms with van der Waals surface area (Å²) in [6.07, 6.45) is -0.0510. The number of methoxy groups -OCH3 is 1. The number of aryl methyl sites for hydroxylation is 1. The van der Waals surface area contributed by atoms with Crippen molar-refractivity contribution in [2.75, 3.05) is 7.11 Å². The molecule has 0 N–H and O–H groups in total. The first-order chi connectivity index (χ1) is 6.56. The zero-order valence-corrected chi connectivity index (χ0v) is 9.52. The highest BCUT2D eigenvalue weighted by Crippen LogP contribution is 2.23. The molecular formula is C10H10BrFO2. The Labute approximate surface area is 90.2 Å². The summed E-state index contributed by atoms with van der Waals surface area (Å²) in [4.78, 5) is 11.0. The lowest BCUT2D eigenvalue weighted by Gasteiger charge is -2.06. The fraction of sp³-hybridized carbons (Fsp3) is 0.300. The van der Waals surface area contributed by atoms with E-state index in [9.17, 15) is 9.18 Å². The van der Waals surface area contributed by atoms with Crippen LogP contribution >= 0.6 is 15.9 Å². The van der Waals surface area contributed by atoms with E-state index in [0.29, 0.717) is 15.6 Å². The van der Waals surface area contributed by atoms with Gasteiger partial charge in [-0.15, -0.1) is 0 Å². The Bertz CT molecular complexity index is 363. The molecule has 0 aliphatic rings. The molecule has 76 valence electrons. The van der Waals surface area contributed by atoms with Crippen LogP contribution in [0.2, 0.25) is 0 Å². The topological polar surface area (TPSA) is 26.3 Å². The second-order valence-corrected chi connectivity index (χ2v) is 3.76. The van der Waals surface area contributed by atoms with E-state index >= 15 is 0 Å². The summed E-state index contributed by atoms with van der Waals surface area (Å²) in [5, 5.41) is 0. The zero-order chi connectivity index (χ0) is 10.7. The number of ether oxygens (including phenoxy) is 1. The van der Waals surface area contributed by atoms with Crippen molar-refractivity contribution >= 4 is 21.9 Å². The molecule has 0 amide bonds. The predicted molar refractivity (Wildman–Crippen MR) is 54.6 cm³/mol.